The summed E-state index contributed by atoms with van der Waals surface area (Å²) in [6.07, 6.45) is 0. The molecule has 0 aliphatic heterocycles. The molecule has 0 bridgehead atoms. The van der Waals surface area contributed by atoms with Gasteiger partial charge in [0.1, 0.15) is 12.4 Å². The van der Waals surface area contributed by atoms with E-state index in [4.69, 9.17) is 21.7 Å². The zero-order valence-corrected chi connectivity index (χ0v) is 18.2. The molecule has 30 heavy (non-hydrogen) atoms. The number of benzene rings is 2. The summed E-state index contributed by atoms with van der Waals surface area (Å²) < 4.78 is 10.7. The third kappa shape index (κ3) is 7.81. The predicted molar refractivity (Wildman–Crippen MR) is 122 cm³/mol. The van der Waals surface area contributed by atoms with Crippen LogP contribution in [-0.2, 0) is 9.53 Å². The fraction of sp³-hybridized carbons (Fsp3) is 0.318. The molecule has 0 saturated carbocycles. The first-order valence-electron chi connectivity index (χ1n) is 9.73. The van der Waals surface area contributed by atoms with Crippen LogP contribution in [0.4, 0.5) is 11.4 Å². The maximum atomic E-state index is 12.3. The monoisotopic (exact) mass is 429 g/mol. The van der Waals surface area contributed by atoms with Gasteiger partial charge in [-0.3, -0.25) is 14.9 Å². The van der Waals surface area contributed by atoms with Crippen LogP contribution in [0.25, 0.3) is 0 Å². The van der Waals surface area contributed by atoms with Gasteiger partial charge in [0.25, 0.3) is 5.91 Å². The lowest BCUT2D eigenvalue weighted by Gasteiger charge is -2.12. The van der Waals surface area contributed by atoms with Crippen molar-refractivity contribution in [3.05, 3.63) is 54.1 Å². The van der Waals surface area contributed by atoms with E-state index in [1.54, 1.807) is 48.5 Å². The molecule has 0 atom stereocenters. The number of amides is 2. The third-order valence-electron chi connectivity index (χ3n) is 3.98. The van der Waals surface area contributed by atoms with Crippen molar-refractivity contribution in [2.24, 2.45) is 5.92 Å². The minimum Gasteiger partial charge on any atom is -0.491 e. The van der Waals surface area contributed by atoms with Gasteiger partial charge in [0, 0.05) is 29.5 Å². The van der Waals surface area contributed by atoms with Gasteiger partial charge < -0.3 is 20.1 Å². The summed E-state index contributed by atoms with van der Waals surface area (Å²) in [6.45, 7) is 7.20. The fourth-order valence-corrected chi connectivity index (χ4v) is 2.54. The second kappa shape index (κ2) is 11.9. The predicted octanol–water partition coefficient (Wildman–Crippen LogP) is 3.82. The van der Waals surface area contributed by atoms with Crippen molar-refractivity contribution in [3.8, 4) is 5.75 Å². The van der Waals surface area contributed by atoms with Crippen LogP contribution in [0.3, 0.4) is 0 Å². The lowest BCUT2D eigenvalue weighted by atomic mass is 10.2. The Hall–Kier alpha value is -2.97. The van der Waals surface area contributed by atoms with Crippen LogP contribution in [0.5, 0.6) is 5.75 Å². The Bertz CT molecular complexity index is 852. The Kier molecular flexibility index (Phi) is 9.24. The summed E-state index contributed by atoms with van der Waals surface area (Å²) in [4.78, 5) is 24.1. The molecule has 0 radical (unpaired) electrons. The largest absolute Gasteiger partial charge is 0.491 e. The molecular weight excluding hydrogens is 402 g/mol. The Balaban J connectivity index is 1.82. The number of nitrogens with one attached hydrogen (secondary N) is 3. The van der Waals surface area contributed by atoms with E-state index in [-0.39, 0.29) is 22.8 Å². The minimum atomic E-state index is -0.325. The molecule has 0 aromatic heterocycles. The van der Waals surface area contributed by atoms with Gasteiger partial charge >= 0.3 is 0 Å². The van der Waals surface area contributed by atoms with Crippen LogP contribution in [0.15, 0.2) is 48.5 Å². The van der Waals surface area contributed by atoms with Crippen LogP contribution < -0.4 is 20.7 Å². The molecule has 0 saturated heterocycles. The number of ether oxygens (including phenoxy) is 2. The first kappa shape index (κ1) is 23.3. The second-order valence-electron chi connectivity index (χ2n) is 6.70. The minimum absolute atomic E-state index is 0.0517. The number of hydrogen-bond donors (Lipinski definition) is 3. The maximum Gasteiger partial charge on any atom is 0.257 e. The van der Waals surface area contributed by atoms with E-state index in [9.17, 15) is 9.59 Å². The second-order valence-corrected chi connectivity index (χ2v) is 7.11. The highest BCUT2D eigenvalue weighted by atomic mass is 32.1. The molecule has 160 valence electrons. The molecule has 0 unspecified atom stereocenters. The standard InChI is InChI=1S/C22H27N3O4S/c1-4-28-13-14-29-19-11-5-16(6-12-19)21(27)25-22(30)24-18-9-7-17(8-10-18)23-20(26)15(2)3/h5-12,15H,4,13-14H2,1-3H3,(H,23,26)(H2,24,25,27,30). The number of anilines is 2. The Morgan fingerprint density at radius 3 is 2.10 bits per heavy atom. The number of carbonyl (C=O) groups excluding carboxylic acids is 2. The molecule has 2 aromatic rings. The van der Waals surface area contributed by atoms with Gasteiger partial charge in [-0.05, 0) is 67.7 Å². The summed E-state index contributed by atoms with van der Waals surface area (Å²) in [7, 11) is 0. The molecule has 2 amide bonds. The van der Waals surface area contributed by atoms with Crippen LogP contribution in [0.1, 0.15) is 31.1 Å². The Morgan fingerprint density at radius 2 is 1.53 bits per heavy atom. The third-order valence-corrected chi connectivity index (χ3v) is 4.18. The number of rotatable bonds is 9. The van der Waals surface area contributed by atoms with E-state index in [0.717, 1.165) is 0 Å². The van der Waals surface area contributed by atoms with Gasteiger partial charge in [-0.1, -0.05) is 13.8 Å². The average Bonchev–Trinajstić information content (AvgIpc) is 2.73. The first-order valence-corrected chi connectivity index (χ1v) is 10.1. The lowest BCUT2D eigenvalue weighted by Crippen LogP contribution is -2.34. The van der Waals surface area contributed by atoms with Gasteiger partial charge in [-0.15, -0.1) is 0 Å². The molecule has 0 heterocycles. The molecule has 7 nitrogen and oxygen atoms in total. The Labute approximate surface area is 182 Å². The van der Waals surface area contributed by atoms with Crippen LogP contribution in [0.2, 0.25) is 0 Å². The Morgan fingerprint density at radius 1 is 0.933 bits per heavy atom. The van der Waals surface area contributed by atoms with Crippen LogP contribution in [0, 0.1) is 5.92 Å². The van der Waals surface area contributed by atoms with Crippen LogP contribution in [-0.4, -0.2) is 36.7 Å². The van der Waals surface area contributed by atoms with E-state index < -0.39 is 0 Å². The van der Waals surface area contributed by atoms with E-state index >= 15 is 0 Å². The molecule has 0 aliphatic rings. The zero-order valence-electron chi connectivity index (χ0n) is 17.4. The average molecular weight is 430 g/mol. The topological polar surface area (TPSA) is 88.7 Å². The molecular formula is C22H27N3O4S. The van der Waals surface area contributed by atoms with E-state index in [1.807, 2.05) is 20.8 Å². The highest BCUT2D eigenvalue weighted by molar-refractivity contribution is 7.80. The van der Waals surface area contributed by atoms with Gasteiger partial charge in [0.15, 0.2) is 5.11 Å². The van der Waals surface area contributed by atoms with E-state index in [2.05, 4.69) is 16.0 Å². The summed E-state index contributed by atoms with van der Waals surface area (Å²) in [5.74, 6) is 0.191. The fourth-order valence-electron chi connectivity index (χ4n) is 2.33. The van der Waals surface area contributed by atoms with Gasteiger partial charge in [0.2, 0.25) is 5.91 Å². The van der Waals surface area contributed by atoms with Gasteiger partial charge in [-0.2, -0.15) is 0 Å². The SMILES string of the molecule is CCOCCOc1ccc(C(=O)NC(=S)Nc2ccc(NC(=O)C(C)C)cc2)cc1. The molecule has 0 fully saturated rings. The smallest absolute Gasteiger partial charge is 0.257 e. The quantitative estimate of drug-likeness (QED) is 0.415. The highest BCUT2D eigenvalue weighted by Gasteiger charge is 2.09. The van der Waals surface area contributed by atoms with Crippen molar-refractivity contribution >= 4 is 40.5 Å². The molecule has 0 aliphatic carbocycles. The van der Waals surface area contributed by atoms with Crippen molar-refractivity contribution in [1.29, 1.82) is 0 Å². The van der Waals surface area contributed by atoms with Crippen molar-refractivity contribution in [2.45, 2.75) is 20.8 Å². The molecule has 2 aromatic carbocycles. The number of hydrogen-bond acceptors (Lipinski definition) is 5. The van der Waals surface area contributed by atoms with Crippen molar-refractivity contribution in [3.63, 3.8) is 0 Å². The zero-order chi connectivity index (χ0) is 21.9. The highest BCUT2D eigenvalue weighted by Crippen LogP contribution is 2.15. The van der Waals surface area contributed by atoms with Gasteiger partial charge in [-0.25, -0.2) is 0 Å². The van der Waals surface area contributed by atoms with E-state index in [0.29, 0.717) is 42.5 Å². The summed E-state index contributed by atoms with van der Waals surface area (Å²) in [5, 5.41) is 8.57. The summed E-state index contributed by atoms with van der Waals surface area (Å²) >= 11 is 5.21. The first-order chi connectivity index (χ1) is 14.4. The number of thiocarbonyl (C=S) groups is 1. The van der Waals surface area contributed by atoms with Crippen molar-refractivity contribution in [2.75, 3.05) is 30.5 Å². The summed E-state index contributed by atoms with van der Waals surface area (Å²) in [6, 6.07) is 13.8. The lowest BCUT2D eigenvalue weighted by molar-refractivity contribution is -0.118. The molecule has 8 heteroatoms. The molecule has 2 rings (SSSR count). The molecule has 3 N–H and O–H groups in total. The van der Waals surface area contributed by atoms with E-state index in [1.165, 1.54) is 0 Å². The van der Waals surface area contributed by atoms with Crippen molar-refractivity contribution in [1.82, 2.24) is 5.32 Å². The summed E-state index contributed by atoms with van der Waals surface area (Å²) in [5.41, 5.74) is 1.85. The normalized spacial score (nSPS) is 10.4. The maximum absolute atomic E-state index is 12.3. The van der Waals surface area contributed by atoms with Gasteiger partial charge in [0.05, 0.1) is 6.61 Å². The molecule has 0 spiro atoms. The van der Waals surface area contributed by atoms with Crippen LogP contribution >= 0.6 is 12.2 Å². The number of carbonyl (C=O) groups is 2. The van der Waals surface area contributed by atoms with Crippen molar-refractivity contribution < 1.29 is 19.1 Å².